The van der Waals surface area contributed by atoms with Crippen LogP contribution in [0.2, 0.25) is 5.02 Å². The molecule has 0 aliphatic carbocycles. The molecule has 1 aromatic heterocycles. The molecular formula is C13H11ClN2O2. The van der Waals surface area contributed by atoms with Crippen LogP contribution in [0.4, 0.5) is 0 Å². The summed E-state index contributed by atoms with van der Waals surface area (Å²) in [5.74, 6) is 0.958. The second-order valence-corrected chi connectivity index (χ2v) is 4.56. The number of aromatic hydroxyl groups is 1. The first-order valence-corrected chi connectivity index (χ1v) is 5.96. The molecule has 1 aromatic carbocycles. The Balaban J connectivity index is 1.84. The van der Waals surface area contributed by atoms with Gasteiger partial charge in [0.25, 0.3) is 0 Å². The van der Waals surface area contributed by atoms with E-state index in [4.69, 9.17) is 16.0 Å². The Morgan fingerprint density at radius 2 is 2.28 bits per heavy atom. The van der Waals surface area contributed by atoms with E-state index in [1.54, 1.807) is 24.5 Å². The molecule has 0 spiro atoms. The third kappa shape index (κ3) is 1.95. The zero-order chi connectivity index (χ0) is 12.5. The molecule has 2 heterocycles. The van der Waals surface area contributed by atoms with Crippen molar-refractivity contribution in [3.8, 4) is 5.75 Å². The fourth-order valence-electron chi connectivity index (χ4n) is 2.02. The molecule has 2 aromatic rings. The largest absolute Gasteiger partial charge is 0.508 e. The zero-order valence-corrected chi connectivity index (χ0v) is 10.2. The summed E-state index contributed by atoms with van der Waals surface area (Å²) in [6.07, 6.45) is 2.27. The Bertz CT molecular complexity index is 593. The molecule has 1 aliphatic rings. The Labute approximate surface area is 109 Å². The van der Waals surface area contributed by atoms with Gasteiger partial charge in [-0.25, -0.2) is 0 Å². The molecule has 1 atom stereocenters. The lowest BCUT2D eigenvalue weighted by atomic mass is 10.0. The number of benzene rings is 1. The van der Waals surface area contributed by atoms with Crippen molar-refractivity contribution in [1.29, 1.82) is 0 Å². The van der Waals surface area contributed by atoms with Gasteiger partial charge in [-0.05, 0) is 30.3 Å². The number of phenolic OH excluding ortho intramolecular Hbond substituents is 1. The highest BCUT2D eigenvalue weighted by atomic mass is 35.5. The zero-order valence-electron chi connectivity index (χ0n) is 9.43. The molecule has 0 fully saturated rings. The Morgan fingerprint density at radius 3 is 3.06 bits per heavy atom. The summed E-state index contributed by atoms with van der Waals surface area (Å²) in [7, 11) is 0. The van der Waals surface area contributed by atoms with Crippen LogP contribution in [-0.2, 0) is 0 Å². The van der Waals surface area contributed by atoms with Crippen LogP contribution in [0.15, 0.2) is 46.1 Å². The van der Waals surface area contributed by atoms with Gasteiger partial charge in [-0.15, -0.1) is 0 Å². The summed E-state index contributed by atoms with van der Waals surface area (Å²) in [6, 6.07) is 8.59. The Kier molecular flexibility index (Phi) is 2.72. The topological polar surface area (TPSA) is 57.8 Å². The van der Waals surface area contributed by atoms with Gasteiger partial charge in [-0.1, -0.05) is 11.6 Å². The molecule has 5 heteroatoms. The van der Waals surface area contributed by atoms with Crippen molar-refractivity contribution in [2.24, 2.45) is 5.10 Å². The van der Waals surface area contributed by atoms with E-state index in [9.17, 15) is 5.11 Å². The van der Waals surface area contributed by atoms with Crippen molar-refractivity contribution in [2.45, 2.75) is 12.5 Å². The number of hydrogen-bond acceptors (Lipinski definition) is 4. The molecule has 1 aliphatic heterocycles. The van der Waals surface area contributed by atoms with Crippen LogP contribution < -0.4 is 5.43 Å². The maximum atomic E-state index is 9.84. The summed E-state index contributed by atoms with van der Waals surface area (Å²) in [5.41, 5.74) is 4.57. The van der Waals surface area contributed by atoms with E-state index in [1.807, 2.05) is 12.1 Å². The van der Waals surface area contributed by atoms with Gasteiger partial charge in [0.15, 0.2) is 0 Å². The number of hydrogen-bond donors (Lipinski definition) is 2. The predicted molar refractivity (Wildman–Crippen MR) is 68.9 cm³/mol. The third-order valence-electron chi connectivity index (χ3n) is 2.92. The van der Waals surface area contributed by atoms with Gasteiger partial charge in [-0.2, -0.15) is 5.10 Å². The molecule has 18 heavy (non-hydrogen) atoms. The molecular weight excluding hydrogens is 252 g/mol. The van der Waals surface area contributed by atoms with Gasteiger partial charge in [0.05, 0.1) is 12.3 Å². The van der Waals surface area contributed by atoms with Crippen LogP contribution in [0, 0.1) is 0 Å². The highest BCUT2D eigenvalue weighted by Crippen LogP contribution is 2.32. The van der Waals surface area contributed by atoms with Crippen molar-refractivity contribution >= 4 is 17.3 Å². The molecule has 0 saturated heterocycles. The maximum Gasteiger partial charge on any atom is 0.149 e. The number of nitrogens with zero attached hydrogens (tertiary/aromatic N) is 1. The molecule has 92 valence electrons. The molecule has 4 nitrogen and oxygen atoms in total. The van der Waals surface area contributed by atoms with E-state index in [0.29, 0.717) is 11.4 Å². The lowest BCUT2D eigenvalue weighted by Gasteiger charge is -2.12. The normalized spacial score (nSPS) is 18.5. The van der Waals surface area contributed by atoms with Gasteiger partial charge >= 0.3 is 0 Å². The first-order valence-electron chi connectivity index (χ1n) is 5.58. The van der Waals surface area contributed by atoms with Crippen LogP contribution in [0.3, 0.4) is 0 Å². The highest BCUT2D eigenvalue weighted by molar-refractivity contribution is 6.30. The number of hydrazone groups is 1. The van der Waals surface area contributed by atoms with E-state index >= 15 is 0 Å². The average molecular weight is 263 g/mol. The van der Waals surface area contributed by atoms with E-state index in [0.717, 1.165) is 17.0 Å². The highest BCUT2D eigenvalue weighted by Gasteiger charge is 2.24. The fourth-order valence-corrected chi connectivity index (χ4v) is 2.20. The van der Waals surface area contributed by atoms with Crippen LogP contribution in [0.5, 0.6) is 5.75 Å². The summed E-state index contributed by atoms with van der Waals surface area (Å²) in [4.78, 5) is 0. The van der Waals surface area contributed by atoms with Crippen LogP contribution in [0.1, 0.15) is 23.8 Å². The molecule has 0 unspecified atom stereocenters. The number of rotatable bonds is 2. The number of phenols is 1. The minimum Gasteiger partial charge on any atom is -0.508 e. The van der Waals surface area contributed by atoms with Crippen molar-refractivity contribution in [3.05, 3.63) is 52.9 Å². The van der Waals surface area contributed by atoms with Crippen molar-refractivity contribution in [1.82, 2.24) is 5.43 Å². The second-order valence-electron chi connectivity index (χ2n) is 4.12. The minimum absolute atomic E-state index is 0.0798. The van der Waals surface area contributed by atoms with Crippen molar-refractivity contribution in [2.75, 3.05) is 0 Å². The molecule has 0 saturated carbocycles. The smallest absolute Gasteiger partial charge is 0.149 e. The second kappa shape index (κ2) is 4.38. The van der Waals surface area contributed by atoms with Crippen LogP contribution in [0.25, 0.3) is 0 Å². The standard InChI is InChI=1S/C13H11ClN2O2/c14-8-3-4-12(17)9(6-8)10-7-11(16-15-10)13-2-1-5-18-13/h1-6,10,15,17H,7H2/t10-/m1/s1. The average Bonchev–Trinajstić information content (AvgIpc) is 3.00. The van der Waals surface area contributed by atoms with Crippen LogP contribution >= 0.6 is 11.6 Å². The quantitative estimate of drug-likeness (QED) is 0.874. The molecule has 0 amide bonds. The SMILES string of the molecule is Oc1ccc(Cl)cc1[C@H]1CC(c2ccco2)=NN1. The minimum atomic E-state index is -0.0798. The van der Waals surface area contributed by atoms with E-state index < -0.39 is 0 Å². The lowest BCUT2D eigenvalue weighted by molar-refractivity contribution is 0.455. The lowest BCUT2D eigenvalue weighted by Crippen LogP contribution is -2.10. The van der Waals surface area contributed by atoms with Crippen molar-refractivity contribution in [3.63, 3.8) is 0 Å². The van der Waals surface area contributed by atoms with Gasteiger partial charge in [0.2, 0.25) is 0 Å². The van der Waals surface area contributed by atoms with E-state index in [-0.39, 0.29) is 11.8 Å². The van der Waals surface area contributed by atoms with Crippen LogP contribution in [-0.4, -0.2) is 10.8 Å². The van der Waals surface area contributed by atoms with Crippen molar-refractivity contribution < 1.29 is 9.52 Å². The Morgan fingerprint density at radius 1 is 1.39 bits per heavy atom. The number of furan rings is 1. The summed E-state index contributed by atoms with van der Waals surface area (Å²) >= 11 is 5.94. The Hall–Kier alpha value is -1.94. The first-order chi connectivity index (χ1) is 8.74. The molecule has 0 radical (unpaired) electrons. The molecule has 0 bridgehead atoms. The monoisotopic (exact) mass is 262 g/mol. The van der Waals surface area contributed by atoms with E-state index in [2.05, 4.69) is 10.5 Å². The van der Waals surface area contributed by atoms with Gasteiger partial charge in [0.1, 0.15) is 17.2 Å². The van der Waals surface area contributed by atoms with Gasteiger partial charge in [-0.3, -0.25) is 0 Å². The summed E-state index contributed by atoms with van der Waals surface area (Å²) in [6.45, 7) is 0. The molecule has 2 N–H and O–H groups in total. The third-order valence-corrected chi connectivity index (χ3v) is 3.16. The number of halogens is 1. The molecule has 3 rings (SSSR count). The first kappa shape index (κ1) is 11.2. The number of nitrogens with one attached hydrogen (secondary N) is 1. The van der Waals surface area contributed by atoms with E-state index in [1.165, 1.54) is 0 Å². The summed E-state index contributed by atoms with van der Waals surface area (Å²) in [5, 5.41) is 14.7. The maximum absolute atomic E-state index is 9.84. The van der Waals surface area contributed by atoms with Gasteiger partial charge < -0.3 is 14.9 Å². The fraction of sp³-hybridized carbons (Fsp3) is 0.154. The summed E-state index contributed by atoms with van der Waals surface area (Å²) < 4.78 is 5.30. The predicted octanol–water partition coefficient (Wildman–Crippen LogP) is 3.08. The van der Waals surface area contributed by atoms with Gasteiger partial charge in [0, 0.05) is 17.0 Å².